The summed E-state index contributed by atoms with van der Waals surface area (Å²) in [5.41, 5.74) is 2.20. The van der Waals surface area contributed by atoms with Gasteiger partial charge in [-0.3, -0.25) is 0 Å². The summed E-state index contributed by atoms with van der Waals surface area (Å²) in [5, 5.41) is 5.89. The Hall–Kier alpha value is -3.09. The van der Waals surface area contributed by atoms with Gasteiger partial charge < -0.3 is 10.6 Å². The number of aryl methyl sites for hydroxylation is 1. The smallest absolute Gasteiger partial charge is 0.339 e. The van der Waals surface area contributed by atoms with Crippen molar-refractivity contribution in [2.45, 2.75) is 52.1 Å². The molecule has 4 nitrogen and oxygen atoms in total. The van der Waals surface area contributed by atoms with E-state index in [0.717, 1.165) is 24.6 Å². The molecule has 2 aromatic carbocycles. The molecule has 0 atom stereocenters. The molecule has 0 unspecified atom stereocenters. The summed E-state index contributed by atoms with van der Waals surface area (Å²) in [6.07, 6.45) is -1.76. The van der Waals surface area contributed by atoms with Gasteiger partial charge in [0.2, 0.25) is 5.95 Å². The van der Waals surface area contributed by atoms with Crippen LogP contribution in [0.5, 0.6) is 0 Å². The van der Waals surface area contributed by atoms with Crippen LogP contribution in [0.1, 0.15) is 50.8 Å². The first-order valence-corrected chi connectivity index (χ1v) is 10.2. The summed E-state index contributed by atoms with van der Waals surface area (Å²) < 4.78 is 40.9. The van der Waals surface area contributed by atoms with E-state index in [4.69, 9.17) is 0 Å². The van der Waals surface area contributed by atoms with Gasteiger partial charge in [-0.15, -0.1) is 0 Å². The first-order chi connectivity index (χ1) is 14.6. The molecule has 3 aromatic rings. The molecule has 1 heterocycles. The summed E-state index contributed by atoms with van der Waals surface area (Å²) in [6, 6.07) is 15.0. The molecule has 0 spiro atoms. The Morgan fingerprint density at radius 3 is 2.16 bits per heavy atom. The summed E-state index contributed by atoms with van der Waals surface area (Å²) in [6.45, 7) is 8.13. The van der Waals surface area contributed by atoms with E-state index in [1.54, 1.807) is 12.1 Å². The number of hydrogen-bond acceptors (Lipinski definition) is 4. The fraction of sp³-hybridized carbons (Fsp3) is 0.333. The molecule has 0 bridgehead atoms. The van der Waals surface area contributed by atoms with Crippen molar-refractivity contribution in [2.75, 3.05) is 10.6 Å². The largest absolute Gasteiger partial charge is 0.421 e. The molecular formula is C24H27F3N4. The van der Waals surface area contributed by atoms with Crippen LogP contribution in [0.15, 0.2) is 54.7 Å². The number of benzene rings is 2. The van der Waals surface area contributed by atoms with Gasteiger partial charge in [-0.2, -0.15) is 18.2 Å². The van der Waals surface area contributed by atoms with Crippen LogP contribution in [-0.4, -0.2) is 9.97 Å². The molecule has 0 saturated carbocycles. The van der Waals surface area contributed by atoms with E-state index in [9.17, 15) is 13.2 Å². The van der Waals surface area contributed by atoms with Crippen LogP contribution < -0.4 is 10.6 Å². The van der Waals surface area contributed by atoms with Gasteiger partial charge in [-0.25, -0.2) is 4.98 Å². The Balaban J connectivity index is 1.95. The van der Waals surface area contributed by atoms with Crippen molar-refractivity contribution in [1.82, 2.24) is 9.97 Å². The molecule has 3 rings (SSSR count). The molecule has 31 heavy (non-hydrogen) atoms. The van der Waals surface area contributed by atoms with E-state index in [1.165, 1.54) is 5.56 Å². The topological polar surface area (TPSA) is 49.8 Å². The van der Waals surface area contributed by atoms with Gasteiger partial charge in [-0.1, -0.05) is 64.4 Å². The highest BCUT2D eigenvalue weighted by Gasteiger charge is 2.35. The number of hydrogen-bond donors (Lipinski definition) is 2. The second kappa shape index (κ2) is 8.96. The van der Waals surface area contributed by atoms with Gasteiger partial charge in [0.05, 0.1) is 0 Å². The zero-order valence-corrected chi connectivity index (χ0v) is 18.1. The third kappa shape index (κ3) is 5.75. The van der Waals surface area contributed by atoms with Crippen molar-refractivity contribution in [2.24, 2.45) is 0 Å². The lowest BCUT2D eigenvalue weighted by Gasteiger charge is -2.24. The number of aromatic nitrogens is 2. The van der Waals surface area contributed by atoms with E-state index in [-0.39, 0.29) is 17.2 Å². The zero-order valence-electron chi connectivity index (χ0n) is 18.1. The zero-order chi connectivity index (χ0) is 22.6. The number of rotatable bonds is 6. The predicted octanol–water partition coefficient (Wildman–Crippen LogP) is 7.23. The van der Waals surface area contributed by atoms with Gasteiger partial charge in [0, 0.05) is 17.6 Å². The molecule has 0 aliphatic heterocycles. The Morgan fingerprint density at radius 1 is 0.871 bits per heavy atom. The van der Waals surface area contributed by atoms with E-state index >= 15 is 0 Å². The molecule has 0 amide bonds. The van der Waals surface area contributed by atoms with E-state index in [1.807, 2.05) is 57.2 Å². The van der Waals surface area contributed by atoms with Gasteiger partial charge in [-0.05, 0) is 41.2 Å². The highest BCUT2D eigenvalue weighted by atomic mass is 19.4. The molecule has 0 saturated heterocycles. The van der Waals surface area contributed by atoms with Crippen LogP contribution in [0.2, 0.25) is 0 Å². The average Bonchev–Trinajstić information content (AvgIpc) is 2.69. The molecule has 0 fully saturated rings. The highest BCUT2D eigenvalue weighted by molar-refractivity contribution is 5.66. The molecule has 0 aliphatic rings. The van der Waals surface area contributed by atoms with Crippen molar-refractivity contribution in [3.8, 4) is 0 Å². The third-order valence-corrected chi connectivity index (χ3v) is 4.83. The van der Waals surface area contributed by atoms with Crippen molar-refractivity contribution < 1.29 is 13.2 Å². The monoisotopic (exact) mass is 428 g/mol. The quantitative estimate of drug-likeness (QED) is 0.435. The van der Waals surface area contributed by atoms with Crippen LogP contribution in [0.3, 0.4) is 0 Å². The summed E-state index contributed by atoms with van der Waals surface area (Å²) >= 11 is 0. The van der Waals surface area contributed by atoms with Crippen LogP contribution in [-0.2, 0) is 18.0 Å². The van der Waals surface area contributed by atoms with Gasteiger partial charge in [0.15, 0.2) is 0 Å². The summed E-state index contributed by atoms with van der Waals surface area (Å²) in [5.74, 6) is -0.198. The fourth-order valence-electron chi connectivity index (χ4n) is 3.29. The Labute approximate surface area is 181 Å². The van der Waals surface area contributed by atoms with E-state index < -0.39 is 11.7 Å². The third-order valence-electron chi connectivity index (χ3n) is 4.83. The molecule has 2 N–H and O–H groups in total. The molecular weight excluding hydrogens is 401 g/mol. The first-order valence-electron chi connectivity index (χ1n) is 10.2. The van der Waals surface area contributed by atoms with Crippen LogP contribution in [0.25, 0.3) is 0 Å². The molecule has 0 radical (unpaired) electrons. The normalized spacial score (nSPS) is 12.0. The lowest BCUT2D eigenvalue weighted by atomic mass is 9.86. The summed E-state index contributed by atoms with van der Waals surface area (Å²) in [4.78, 5) is 8.05. The number of nitrogens with zero attached hydrogens (tertiary/aromatic N) is 2. The maximum Gasteiger partial charge on any atom is 0.421 e. The predicted molar refractivity (Wildman–Crippen MR) is 119 cm³/mol. The van der Waals surface area contributed by atoms with Gasteiger partial charge in [0.1, 0.15) is 11.4 Å². The number of halogens is 3. The minimum Gasteiger partial charge on any atom is -0.339 e. The molecule has 1 aromatic heterocycles. The highest BCUT2D eigenvalue weighted by Crippen LogP contribution is 2.37. The maximum absolute atomic E-state index is 13.6. The second-order valence-electron chi connectivity index (χ2n) is 8.45. The lowest BCUT2D eigenvalue weighted by Crippen LogP contribution is -2.16. The van der Waals surface area contributed by atoms with Crippen molar-refractivity contribution >= 4 is 23.1 Å². The lowest BCUT2D eigenvalue weighted by molar-refractivity contribution is -0.137. The fourth-order valence-corrected chi connectivity index (χ4v) is 3.29. The number of alkyl halides is 3. The first kappa shape index (κ1) is 22.6. The molecule has 7 heteroatoms. The molecule has 164 valence electrons. The van der Waals surface area contributed by atoms with Crippen molar-refractivity contribution in [3.05, 3.63) is 71.4 Å². The summed E-state index contributed by atoms with van der Waals surface area (Å²) in [7, 11) is 0. The maximum atomic E-state index is 13.6. The minimum atomic E-state index is -4.58. The average molecular weight is 429 g/mol. The van der Waals surface area contributed by atoms with Crippen molar-refractivity contribution in [1.29, 1.82) is 0 Å². The molecule has 0 aliphatic carbocycles. The second-order valence-corrected chi connectivity index (χ2v) is 8.45. The number of para-hydroxylation sites is 1. The van der Waals surface area contributed by atoms with E-state index in [2.05, 4.69) is 27.5 Å². The van der Waals surface area contributed by atoms with Crippen molar-refractivity contribution in [3.63, 3.8) is 0 Å². The number of anilines is 4. The Bertz CT molecular complexity index is 1020. The van der Waals surface area contributed by atoms with E-state index in [0.29, 0.717) is 11.4 Å². The van der Waals surface area contributed by atoms with Crippen LogP contribution in [0, 0.1) is 0 Å². The van der Waals surface area contributed by atoms with Crippen LogP contribution in [0.4, 0.5) is 36.3 Å². The SMILES string of the molecule is CCCc1ccc(Nc2ncc(C(F)(F)F)c(Nc3ccccc3C(C)(C)C)n2)cc1. The minimum absolute atomic E-state index is 0.0898. The van der Waals surface area contributed by atoms with Gasteiger partial charge in [0.25, 0.3) is 0 Å². The van der Waals surface area contributed by atoms with Crippen LogP contribution >= 0.6 is 0 Å². The Morgan fingerprint density at radius 2 is 1.55 bits per heavy atom. The van der Waals surface area contributed by atoms with Gasteiger partial charge >= 0.3 is 6.18 Å². The standard InChI is InChI=1S/C24H27F3N4/c1-5-8-16-11-13-17(14-12-16)29-22-28-15-19(24(25,26)27)21(31-22)30-20-10-7-6-9-18(20)23(2,3)4/h6-7,9-15H,5,8H2,1-4H3,(H2,28,29,30,31). The number of nitrogens with one attached hydrogen (secondary N) is 2. The Kier molecular flexibility index (Phi) is 6.53.